The third-order valence-corrected chi connectivity index (χ3v) is 3.78. The number of carboxylic acid groups (broad SMARTS) is 1. The van der Waals surface area contributed by atoms with Gasteiger partial charge in [-0.25, -0.2) is 0 Å². The molecule has 6 heteroatoms. The first-order valence-electron chi connectivity index (χ1n) is 5.73. The Morgan fingerprint density at radius 2 is 2.33 bits per heavy atom. The normalized spacial score (nSPS) is 19.8. The summed E-state index contributed by atoms with van der Waals surface area (Å²) in [6.07, 6.45) is -0.467. The first kappa shape index (κ1) is 13.0. The largest absolute Gasteiger partial charge is 0.481 e. The Bertz CT molecular complexity index is 457. The van der Waals surface area contributed by atoms with Crippen LogP contribution in [0.1, 0.15) is 22.3 Å². The Labute approximate surface area is 109 Å². The Hall–Kier alpha value is -1.40. The maximum Gasteiger partial charge on any atom is 0.306 e. The van der Waals surface area contributed by atoms with Gasteiger partial charge in [0.2, 0.25) is 0 Å². The molecule has 1 aromatic rings. The lowest BCUT2D eigenvalue weighted by atomic mass is 10.1. The van der Waals surface area contributed by atoms with Crippen molar-refractivity contribution in [1.29, 1.82) is 0 Å². The number of carbonyl (C=O) groups excluding carboxylic acids is 1. The molecule has 1 atom stereocenters. The molecule has 5 nitrogen and oxygen atoms in total. The quantitative estimate of drug-likeness (QED) is 0.900. The van der Waals surface area contributed by atoms with E-state index in [-0.39, 0.29) is 12.3 Å². The molecule has 0 spiro atoms. The lowest BCUT2D eigenvalue weighted by Gasteiger charge is -2.32. The van der Waals surface area contributed by atoms with E-state index in [0.717, 1.165) is 5.56 Å². The standard InChI is InChI=1S/C12H15NO4S/c1-8-6-18-7-10(8)12(16)13-2-3-17-9(5-13)4-11(14)15/h6-7,9H,2-5H2,1H3,(H,14,15)/t9-/m0/s1. The zero-order valence-electron chi connectivity index (χ0n) is 10.1. The van der Waals surface area contributed by atoms with Crippen LogP contribution >= 0.6 is 11.3 Å². The molecule has 1 N–H and O–H groups in total. The first-order valence-corrected chi connectivity index (χ1v) is 6.67. The minimum absolute atomic E-state index is 0.0348. The number of thiophene rings is 1. The number of nitrogens with zero attached hydrogens (tertiary/aromatic N) is 1. The summed E-state index contributed by atoms with van der Waals surface area (Å²) in [5, 5.41) is 12.5. The van der Waals surface area contributed by atoms with E-state index >= 15 is 0 Å². The van der Waals surface area contributed by atoms with Gasteiger partial charge in [-0.05, 0) is 17.9 Å². The number of ether oxygens (including phenoxy) is 1. The number of rotatable bonds is 3. The molecule has 2 rings (SSSR count). The average molecular weight is 269 g/mol. The predicted octanol–water partition coefficient (Wildman–Crippen LogP) is 1.37. The fourth-order valence-corrected chi connectivity index (χ4v) is 2.79. The van der Waals surface area contributed by atoms with E-state index in [4.69, 9.17) is 9.84 Å². The lowest BCUT2D eigenvalue weighted by molar-refractivity contribution is -0.141. The molecular weight excluding hydrogens is 254 g/mol. The summed E-state index contributed by atoms with van der Waals surface area (Å²) in [5.74, 6) is -0.937. The Morgan fingerprint density at radius 1 is 1.56 bits per heavy atom. The Kier molecular flexibility index (Phi) is 3.98. The molecule has 1 aliphatic rings. The van der Waals surface area contributed by atoms with Crippen molar-refractivity contribution in [3.05, 3.63) is 21.9 Å². The second-order valence-corrected chi connectivity index (χ2v) is 5.05. The van der Waals surface area contributed by atoms with E-state index < -0.39 is 12.1 Å². The number of morpholine rings is 1. The summed E-state index contributed by atoms with van der Waals surface area (Å²) in [4.78, 5) is 24.6. The minimum atomic E-state index is -0.902. The minimum Gasteiger partial charge on any atom is -0.481 e. The van der Waals surface area contributed by atoms with Gasteiger partial charge in [-0.1, -0.05) is 0 Å². The maximum absolute atomic E-state index is 12.2. The number of carboxylic acids is 1. The second kappa shape index (κ2) is 5.49. The highest BCUT2D eigenvalue weighted by molar-refractivity contribution is 7.08. The van der Waals surface area contributed by atoms with Gasteiger partial charge in [0.05, 0.1) is 24.7 Å². The highest BCUT2D eigenvalue weighted by atomic mass is 32.1. The summed E-state index contributed by atoms with van der Waals surface area (Å²) in [5.41, 5.74) is 1.67. The van der Waals surface area contributed by atoms with Crippen LogP contribution in [-0.4, -0.2) is 47.7 Å². The highest BCUT2D eigenvalue weighted by Gasteiger charge is 2.27. The predicted molar refractivity (Wildman–Crippen MR) is 67.0 cm³/mol. The van der Waals surface area contributed by atoms with E-state index in [1.807, 2.05) is 17.7 Å². The van der Waals surface area contributed by atoms with Gasteiger partial charge in [0.15, 0.2) is 0 Å². The van der Waals surface area contributed by atoms with Crippen LogP contribution < -0.4 is 0 Å². The van der Waals surface area contributed by atoms with Gasteiger partial charge in [-0.2, -0.15) is 11.3 Å². The SMILES string of the molecule is Cc1cscc1C(=O)N1CCO[C@@H](CC(=O)O)C1. The van der Waals surface area contributed by atoms with Crippen LogP contribution in [-0.2, 0) is 9.53 Å². The zero-order chi connectivity index (χ0) is 13.1. The average Bonchev–Trinajstić information content (AvgIpc) is 2.74. The van der Waals surface area contributed by atoms with E-state index in [0.29, 0.717) is 25.3 Å². The van der Waals surface area contributed by atoms with Crippen molar-refractivity contribution >= 4 is 23.2 Å². The van der Waals surface area contributed by atoms with Gasteiger partial charge in [-0.3, -0.25) is 9.59 Å². The molecule has 1 amide bonds. The topological polar surface area (TPSA) is 66.8 Å². The van der Waals surface area contributed by atoms with Crippen molar-refractivity contribution in [3.63, 3.8) is 0 Å². The van der Waals surface area contributed by atoms with E-state index in [9.17, 15) is 9.59 Å². The van der Waals surface area contributed by atoms with Gasteiger partial charge in [-0.15, -0.1) is 0 Å². The molecule has 98 valence electrons. The van der Waals surface area contributed by atoms with Crippen LogP contribution in [0.2, 0.25) is 0 Å². The maximum atomic E-state index is 12.2. The van der Waals surface area contributed by atoms with Crippen LogP contribution in [0.25, 0.3) is 0 Å². The van der Waals surface area contributed by atoms with Crippen LogP contribution in [0, 0.1) is 6.92 Å². The van der Waals surface area contributed by atoms with Gasteiger partial charge in [0.25, 0.3) is 5.91 Å². The summed E-state index contributed by atoms with van der Waals surface area (Å²) in [6, 6.07) is 0. The Morgan fingerprint density at radius 3 is 2.94 bits per heavy atom. The molecule has 0 aliphatic carbocycles. The number of hydrogen-bond donors (Lipinski definition) is 1. The molecule has 0 unspecified atom stereocenters. The zero-order valence-corrected chi connectivity index (χ0v) is 10.9. The third kappa shape index (κ3) is 2.88. The Balaban J connectivity index is 2.03. The summed E-state index contributed by atoms with van der Waals surface area (Å²) < 4.78 is 5.34. The molecule has 1 fully saturated rings. The van der Waals surface area contributed by atoms with Crippen molar-refractivity contribution in [2.24, 2.45) is 0 Å². The number of aliphatic carboxylic acids is 1. The summed E-state index contributed by atoms with van der Waals surface area (Å²) in [6.45, 7) is 3.16. The fourth-order valence-electron chi connectivity index (χ4n) is 1.97. The highest BCUT2D eigenvalue weighted by Crippen LogP contribution is 2.18. The molecule has 0 aromatic carbocycles. The molecule has 2 heterocycles. The van der Waals surface area contributed by atoms with Crippen molar-refractivity contribution < 1.29 is 19.4 Å². The number of hydrogen-bond acceptors (Lipinski definition) is 4. The molecule has 1 saturated heterocycles. The van der Waals surface area contributed by atoms with Gasteiger partial charge in [0, 0.05) is 18.5 Å². The molecule has 0 radical (unpaired) electrons. The van der Waals surface area contributed by atoms with Crippen LogP contribution in [0.4, 0.5) is 0 Å². The molecule has 18 heavy (non-hydrogen) atoms. The van der Waals surface area contributed by atoms with Gasteiger partial charge in [0.1, 0.15) is 0 Å². The van der Waals surface area contributed by atoms with Crippen molar-refractivity contribution in [1.82, 2.24) is 4.90 Å². The van der Waals surface area contributed by atoms with E-state index in [1.54, 1.807) is 4.90 Å². The second-order valence-electron chi connectivity index (χ2n) is 4.31. The first-order chi connectivity index (χ1) is 8.58. The van der Waals surface area contributed by atoms with Crippen LogP contribution in [0.5, 0.6) is 0 Å². The number of aryl methyl sites for hydroxylation is 1. The monoisotopic (exact) mass is 269 g/mol. The van der Waals surface area contributed by atoms with Crippen molar-refractivity contribution in [2.45, 2.75) is 19.4 Å². The number of carbonyl (C=O) groups is 2. The van der Waals surface area contributed by atoms with E-state index in [1.165, 1.54) is 11.3 Å². The molecule has 1 aliphatic heterocycles. The lowest BCUT2D eigenvalue weighted by Crippen LogP contribution is -2.46. The van der Waals surface area contributed by atoms with Crippen molar-refractivity contribution in [2.75, 3.05) is 19.7 Å². The summed E-state index contributed by atoms with van der Waals surface area (Å²) >= 11 is 1.50. The molecule has 1 aromatic heterocycles. The van der Waals surface area contributed by atoms with Crippen LogP contribution in [0.15, 0.2) is 10.8 Å². The van der Waals surface area contributed by atoms with Gasteiger partial charge < -0.3 is 14.7 Å². The van der Waals surface area contributed by atoms with Crippen molar-refractivity contribution in [3.8, 4) is 0 Å². The fraction of sp³-hybridized carbons (Fsp3) is 0.500. The number of amides is 1. The molecular formula is C12H15NO4S. The molecule has 0 bridgehead atoms. The summed E-state index contributed by atoms with van der Waals surface area (Å²) in [7, 11) is 0. The smallest absolute Gasteiger partial charge is 0.306 e. The van der Waals surface area contributed by atoms with E-state index in [2.05, 4.69) is 0 Å². The van der Waals surface area contributed by atoms with Gasteiger partial charge >= 0.3 is 5.97 Å². The third-order valence-electron chi connectivity index (χ3n) is 2.91. The van der Waals surface area contributed by atoms with Crippen LogP contribution in [0.3, 0.4) is 0 Å². The molecule has 0 saturated carbocycles.